The van der Waals surface area contributed by atoms with Crippen molar-refractivity contribution in [2.24, 2.45) is 0 Å². The number of nitrogens with zero attached hydrogens (tertiary/aromatic N) is 2. The van der Waals surface area contributed by atoms with E-state index in [1.165, 1.54) is 0 Å². The van der Waals surface area contributed by atoms with Gasteiger partial charge in [-0.05, 0) is 36.3 Å². The Labute approximate surface area is 135 Å². The second-order valence-corrected chi connectivity index (χ2v) is 4.94. The molecule has 0 fully saturated rings. The zero-order valence-electron chi connectivity index (χ0n) is 12.5. The van der Waals surface area contributed by atoms with Crippen LogP contribution < -0.4 is 10.2 Å². The molecule has 114 valence electrons. The number of hydrogen-bond donors (Lipinski definition) is 1. The van der Waals surface area contributed by atoms with Gasteiger partial charge in [-0.25, -0.2) is 0 Å². The van der Waals surface area contributed by atoms with Gasteiger partial charge in [-0.15, -0.1) is 12.4 Å². The van der Waals surface area contributed by atoms with Crippen LogP contribution in [0.15, 0.2) is 41.0 Å². The molecule has 0 saturated heterocycles. The normalized spacial score (nSPS) is 16.0. The largest absolute Gasteiger partial charge is 0.378 e. The quantitative estimate of drug-likeness (QED) is 0.669. The summed E-state index contributed by atoms with van der Waals surface area (Å²) in [5, 5.41) is 11.2. The van der Waals surface area contributed by atoms with E-state index in [-0.39, 0.29) is 18.0 Å². The third-order valence-corrected chi connectivity index (χ3v) is 3.31. The van der Waals surface area contributed by atoms with E-state index in [0.717, 1.165) is 11.3 Å². The summed E-state index contributed by atoms with van der Waals surface area (Å²) < 4.78 is 0. The molecule has 1 aromatic rings. The fraction of sp³-hybridized carbons (Fsp3) is 0.188. The lowest BCUT2D eigenvalue weighted by atomic mass is 9.95. The third-order valence-electron chi connectivity index (χ3n) is 3.31. The molecule has 0 spiro atoms. The van der Waals surface area contributed by atoms with Crippen LogP contribution in [0.2, 0.25) is 0 Å². The highest BCUT2D eigenvalue weighted by molar-refractivity contribution is 6.19. The Kier molecular flexibility index (Phi) is 5.50. The number of amides is 2. The maximum absolute atomic E-state index is 11.9. The average molecular weight is 318 g/mol. The van der Waals surface area contributed by atoms with E-state index in [0.29, 0.717) is 11.1 Å². The molecule has 0 atom stereocenters. The number of halogens is 1. The van der Waals surface area contributed by atoms with Gasteiger partial charge in [-0.1, -0.05) is 12.1 Å². The van der Waals surface area contributed by atoms with Gasteiger partial charge < -0.3 is 4.90 Å². The van der Waals surface area contributed by atoms with Crippen LogP contribution in [0.1, 0.15) is 12.5 Å². The van der Waals surface area contributed by atoms with Gasteiger partial charge in [0.25, 0.3) is 11.8 Å². The van der Waals surface area contributed by atoms with Gasteiger partial charge in [-0.3, -0.25) is 14.9 Å². The summed E-state index contributed by atoms with van der Waals surface area (Å²) in [6, 6.07) is 9.46. The number of rotatable bonds is 2. The van der Waals surface area contributed by atoms with E-state index in [2.05, 4.69) is 5.32 Å². The maximum Gasteiger partial charge on any atom is 0.269 e. The molecule has 0 bridgehead atoms. The number of carbonyl (C=O) groups excluding carboxylic acids is 2. The highest BCUT2D eigenvalue weighted by Crippen LogP contribution is 2.23. The van der Waals surface area contributed by atoms with Gasteiger partial charge >= 0.3 is 0 Å². The first kappa shape index (κ1) is 17.5. The minimum absolute atomic E-state index is 0. The predicted molar refractivity (Wildman–Crippen MR) is 87.5 cm³/mol. The Bertz CT molecular complexity index is 710. The standard InChI is InChI=1S/C16H15N3O2.ClH/c1-10-13(15(20)18-16(21)14(10)9-17)8-11-4-6-12(7-5-11)19(2)3;/h4-8H,1-3H3,(H,18,20,21);1H/b13-8+;. The lowest BCUT2D eigenvalue weighted by Gasteiger charge is -2.16. The molecular weight excluding hydrogens is 302 g/mol. The molecule has 1 heterocycles. The molecule has 1 aromatic carbocycles. The van der Waals surface area contributed by atoms with E-state index in [4.69, 9.17) is 5.26 Å². The molecule has 1 aliphatic heterocycles. The second-order valence-electron chi connectivity index (χ2n) is 4.94. The molecular formula is C16H16ClN3O2. The van der Waals surface area contributed by atoms with Crippen molar-refractivity contribution in [2.75, 3.05) is 19.0 Å². The van der Waals surface area contributed by atoms with Crippen LogP contribution in [0, 0.1) is 11.3 Å². The monoisotopic (exact) mass is 317 g/mol. The van der Waals surface area contributed by atoms with Crippen LogP contribution in [0.4, 0.5) is 5.69 Å². The first-order valence-corrected chi connectivity index (χ1v) is 6.40. The zero-order valence-corrected chi connectivity index (χ0v) is 13.3. The van der Waals surface area contributed by atoms with Gasteiger partial charge in [0, 0.05) is 25.4 Å². The predicted octanol–water partition coefficient (Wildman–Crippen LogP) is 2.05. The first-order valence-electron chi connectivity index (χ1n) is 6.40. The summed E-state index contributed by atoms with van der Waals surface area (Å²) in [6.45, 7) is 1.61. The van der Waals surface area contributed by atoms with Crippen LogP contribution in [0.25, 0.3) is 6.08 Å². The topological polar surface area (TPSA) is 73.2 Å². The minimum atomic E-state index is -0.639. The van der Waals surface area contributed by atoms with E-state index in [1.54, 1.807) is 13.0 Å². The summed E-state index contributed by atoms with van der Waals surface area (Å²) in [5.41, 5.74) is 2.60. The lowest BCUT2D eigenvalue weighted by Crippen LogP contribution is -2.37. The van der Waals surface area contributed by atoms with Crippen LogP contribution in [0.5, 0.6) is 0 Å². The smallest absolute Gasteiger partial charge is 0.269 e. The van der Waals surface area contributed by atoms with E-state index >= 15 is 0 Å². The van der Waals surface area contributed by atoms with Crippen molar-refractivity contribution in [3.8, 4) is 6.07 Å². The number of carbonyl (C=O) groups is 2. The molecule has 2 amide bonds. The van der Waals surface area contributed by atoms with Gasteiger partial charge in [0.05, 0.1) is 0 Å². The zero-order chi connectivity index (χ0) is 15.6. The van der Waals surface area contributed by atoms with Gasteiger partial charge in [0.2, 0.25) is 0 Å². The molecule has 22 heavy (non-hydrogen) atoms. The fourth-order valence-corrected chi connectivity index (χ4v) is 2.05. The summed E-state index contributed by atoms with van der Waals surface area (Å²) in [5.74, 6) is -1.12. The molecule has 0 radical (unpaired) electrons. The number of anilines is 1. The molecule has 1 N–H and O–H groups in total. The van der Waals surface area contributed by atoms with Crippen molar-refractivity contribution in [2.45, 2.75) is 6.92 Å². The van der Waals surface area contributed by atoms with Crippen molar-refractivity contribution >= 4 is 36.0 Å². The van der Waals surface area contributed by atoms with Crippen molar-refractivity contribution in [3.05, 3.63) is 46.5 Å². The van der Waals surface area contributed by atoms with Crippen molar-refractivity contribution in [3.63, 3.8) is 0 Å². The molecule has 1 aliphatic rings. The fourth-order valence-electron chi connectivity index (χ4n) is 2.05. The molecule has 6 heteroatoms. The number of hydrogen-bond acceptors (Lipinski definition) is 4. The third kappa shape index (κ3) is 3.35. The van der Waals surface area contributed by atoms with E-state index < -0.39 is 11.8 Å². The average Bonchev–Trinajstić information content (AvgIpc) is 2.44. The van der Waals surface area contributed by atoms with Crippen molar-refractivity contribution < 1.29 is 9.59 Å². The SMILES string of the molecule is CC1=C(C#N)C(=O)NC(=O)/C1=C/c1ccc(N(C)C)cc1.Cl. The highest BCUT2D eigenvalue weighted by Gasteiger charge is 2.27. The number of imide groups is 1. The van der Waals surface area contributed by atoms with Crippen LogP contribution in [-0.2, 0) is 9.59 Å². The van der Waals surface area contributed by atoms with E-state index in [1.807, 2.05) is 49.3 Å². The summed E-state index contributed by atoms with van der Waals surface area (Å²) in [6.07, 6.45) is 1.67. The Hall–Kier alpha value is -2.58. The number of nitriles is 1. The molecule has 0 aliphatic carbocycles. The van der Waals surface area contributed by atoms with Crippen LogP contribution in [0.3, 0.4) is 0 Å². The second kappa shape index (κ2) is 6.92. The highest BCUT2D eigenvalue weighted by atomic mass is 35.5. The van der Waals surface area contributed by atoms with Crippen LogP contribution >= 0.6 is 12.4 Å². The lowest BCUT2D eigenvalue weighted by molar-refractivity contribution is -0.126. The van der Waals surface area contributed by atoms with Crippen molar-refractivity contribution in [1.29, 1.82) is 5.26 Å². The summed E-state index contributed by atoms with van der Waals surface area (Å²) in [7, 11) is 3.89. The van der Waals surface area contributed by atoms with Gasteiger partial charge in [0.1, 0.15) is 11.6 Å². The van der Waals surface area contributed by atoms with Gasteiger partial charge in [0.15, 0.2) is 0 Å². The van der Waals surface area contributed by atoms with E-state index in [9.17, 15) is 9.59 Å². The van der Waals surface area contributed by atoms with Crippen molar-refractivity contribution in [1.82, 2.24) is 5.32 Å². The maximum atomic E-state index is 11.9. The first-order chi connectivity index (χ1) is 9.93. The Morgan fingerprint density at radius 2 is 1.73 bits per heavy atom. The van der Waals surface area contributed by atoms with Crippen LogP contribution in [-0.4, -0.2) is 25.9 Å². The molecule has 0 unspecified atom stereocenters. The number of benzene rings is 1. The summed E-state index contributed by atoms with van der Waals surface area (Å²) >= 11 is 0. The molecule has 5 nitrogen and oxygen atoms in total. The Balaban J connectivity index is 0.00000242. The molecule has 0 saturated carbocycles. The minimum Gasteiger partial charge on any atom is -0.378 e. The molecule has 0 aromatic heterocycles. The van der Waals surface area contributed by atoms with Gasteiger partial charge in [-0.2, -0.15) is 5.26 Å². The Morgan fingerprint density at radius 1 is 1.14 bits per heavy atom. The number of nitrogens with one attached hydrogen (secondary N) is 1. The Morgan fingerprint density at radius 3 is 2.23 bits per heavy atom. The summed E-state index contributed by atoms with van der Waals surface area (Å²) in [4.78, 5) is 25.4. The molecule has 2 rings (SSSR count).